The van der Waals surface area contributed by atoms with E-state index in [1.54, 1.807) is 33.5 Å². The van der Waals surface area contributed by atoms with E-state index in [2.05, 4.69) is 9.97 Å². The Bertz CT molecular complexity index is 901. The van der Waals surface area contributed by atoms with Gasteiger partial charge in [0.2, 0.25) is 0 Å². The van der Waals surface area contributed by atoms with Gasteiger partial charge in [-0.25, -0.2) is 4.79 Å². The van der Waals surface area contributed by atoms with Gasteiger partial charge in [-0.3, -0.25) is 0 Å². The summed E-state index contributed by atoms with van der Waals surface area (Å²) < 4.78 is 15.8. The van der Waals surface area contributed by atoms with Crippen LogP contribution in [0.4, 0.5) is 0 Å². The van der Waals surface area contributed by atoms with Crippen LogP contribution in [0.3, 0.4) is 0 Å². The van der Waals surface area contributed by atoms with Gasteiger partial charge in [-0.05, 0) is 30.3 Å². The maximum Gasteiger partial charge on any atom is 0.345 e. The van der Waals surface area contributed by atoms with E-state index in [0.29, 0.717) is 22.7 Å². The molecule has 2 aromatic carbocycles. The fourth-order valence-corrected chi connectivity index (χ4v) is 2.45. The van der Waals surface area contributed by atoms with Crippen molar-refractivity contribution in [2.75, 3.05) is 21.3 Å². The molecular formula is C17H16N2O4. The molecule has 0 unspecified atom stereocenters. The summed E-state index contributed by atoms with van der Waals surface area (Å²) in [5.74, 6) is 1.85. The van der Waals surface area contributed by atoms with Gasteiger partial charge in [-0.1, -0.05) is 0 Å². The lowest BCUT2D eigenvalue weighted by atomic mass is 10.1. The SMILES string of the molecule is COc1ccc(-c2nc(=O)[nH]c3cc(OC)c(OC)cc23)cc1. The maximum absolute atomic E-state index is 11.9. The zero-order valence-corrected chi connectivity index (χ0v) is 13.0. The number of benzene rings is 2. The highest BCUT2D eigenvalue weighted by molar-refractivity contribution is 5.94. The Hall–Kier alpha value is -3.02. The number of aromatic nitrogens is 2. The Morgan fingerprint density at radius 1 is 0.913 bits per heavy atom. The van der Waals surface area contributed by atoms with Crippen molar-refractivity contribution < 1.29 is 14.2 Å². The van der Waals surface area contributed by atoms with Gasteiger partial charge in [0, 0.05) is 17.0 Å². The second-order valence-corrected chi connectivity index (χ2v) is 4.87. The van der Waals surface area contributed by atoms with Crippen LogP contribution < -0.4 is 19.9 Å². The van der Waals surface area contributed by atoms with Crippen molar-refractivity contribution in [1.29, 1.82) is 0 Å². The molecule has 0 atom stereocenters. The van der Waals surface area contributed by atoms with Gasteiger partial charge >= 0.3 is 5.69 Å². The number of methoxy groups -OCH3 is 3. The number of nitrogens with zero attached hydrogens (tertiary/aromatic N) is 1. The van der Waals surface area contributed by atoms with Gasteiger partial charge in [0.15, 0.2) is 11.5 Å². The third kappa shape index (κ3) is 2.70. The Morgan fingerprint density at radius 2 is 1.57 bits per heavy atom. The topological polar surface area (TPSA) is 73.4 Å². The summed E-state index contributed by atoms with van der Waals surface area (Å²) in [6.45, 7) is 0. The number of hydrogen-bond acceptors (Lipinski definition) is 5. The quantitative estimate of drug-likeness (QED) is 0.801. The molecule has 0 saturated heterocycles. The maximum atomic E-state index is 11.9. The van der Waals surface area contributed by atoms with Crippen molar-refractivity contribution in [3.63, 3.8) is 0 Å². The smallest absolute Gasteiger partial charge is 0.345 e. The number of hydrogen-bond donors (Lipinski definition) is 1. The number of ether oxygens (including phenoxy) is 3. The predicted octanol–water partition coefficient (Wildman–Crippen LogP) is 2.62. The van der Waals surface area contributed by atoms with E-state index in [-0.39, 0.29) is 0 Å². The van der Waals surface area contributed by atoms with E-state index < -0.39 is 5.69 Å². The number of fused-ring (bicyclic) bond motifs is 1. The van der Waals surface area contributed by atoms with Crippen LogP contribution in [-0.2, 0) is 0 Å². The van der Waals surface area contributed by atoms with E-state index in [0.717, 1.165) is 16.7 Å². The Kier molecular flexibility index (Phi) is 3.89. The molecule has 0 amide bonds. The molecule has 0 bridgehead atoms. The average Bonchev–Trinajstić information content (AvgIpc) is 2.59. The molecule has 0 radical (unpaired) electrons. The molecule has 0 spiro atoms. The van der Waals surface area contributed by atoms with E-state index in [1.807, 2.05) is 24.3 Å². The highest BCUT2D eigenvalue weighted by Crippen LogP contribution is 2.34. The average molecular weight is 312 g/mol. The van der Waals surface area contributed by atoms with Crippen molar-refractivity contribution >= 4 is 10.9 Å². The van der Waals surface area contributed by atoms with Gasteiger partial charge in [0.1, 0.15) is 5.75 Å². The summed E-state index contributed by atoms with van der Waals surface area (Å²) in [5.41, 5.74) is 1.60. The van der Waals surface area contributed by atoms with E-state index in [1.165, 1.54) is 0 Å². The number of aromatic amines is 1. The summed E-state index contributed by atoms with van der Waals surface area (Å²) in [6.07, 6.45) is 0. The zero-order valence-electron chi connectivity index (χ0n) is 13.0. The number of rotatable bonds is 4. The minimum atomic E-state index is -0.421. The van der Waals surface area contributed by atoms with Crippen LogP contribution in [0.1, 0.15) is 0 Å². The summed E-state index contributed by atoms with van der Waals surface area (Å²) in [6, 6.07) is 10.9. The summed E-state index contributed by atoms with van der Waals surface area (Å²) in [4.78, 5) is 18.7. The van der Waals surface area contributed by atoms with Crippen LogP contribution in [0.2, 0.25) is 0 Å². The van der Waals surface area contributed by atoms with Crippen LogP contribution in [0.5, 0.6) is 17.2 Å². The first-order chi connectivity index (χ1) is 11.2. The number of H-pyrrole nitrogens is 1. The standard InChI is InChI=1S/C17H16N2O4/c1-21-11-6-4-10(5-7-11)16-12-8-14(22-2)15(23-3)9-13(12)18-17(20)19-16/h4-9H,1-3H3,(H,18,19,20). The van der Waals surface area contributed by atoms with E-state index in [4.69, 9.17) is 14.2 Å². The summed E-state index contributed by atoms with van der Waals surface area (Å²) in [7, 11) is 4.72. The molecule has 23 heavy (non-hydrogen) atoms. The molecule has 1 N–H and O–H groups in total. The Morgan fingerprint density at radius 3 is 2.17 bits per heavy atom. The predicted molar refractivity (Wildman–Crippen MR) is 87.5 cm³/mol. The first kappa shape index (κ1) is 14.9. The molecule has 0 aliphatic rings. The molecule has 6 heteroatoms. The third-order valence-electron chi connectivity index (χ3n) is 3.60. The van der Waals surface area contributed by atoms with Gasteiger partial charge in [0.25, 0.3) is 0 Å². The molecule has 3 aromatic rings. The van der Waals surface area contributed by atoms with Crippen molar-refractivity contribution in [3.8, 4) is 28.5 Å². The molecule has 0 fully saturated rings. The molecule has 3 rings (SSSR count). The molecule has 1 aromatic heterocycles. The molecule has 0 saturated carbocycles. The Labute approximate surface area is 132 Å². The van der Waals surface area contributed by atoms with Crippen LogP contribution in [0.25, 0.3) is 22.2 Å². The summed E-state index contributed by atoms with van der Waals surface area (Å²) >= 11 is 0. The second kappa shape index (κ2) is 6.00. The van der Waals surface area contributed by atoms with Crippen LogP contribution in [0, 0.1) is 0 Å². The highest BCUT2D eigenvalue weighted by atomic mass is 16.5. The first-order valence-electron chi connectivity index (χ1n) is 6.96. The normalized spacial score (nSPS) is 10.6. The second-order valence-electron chi connectivity index (χ2n) is 4.87. The van der Waals surface area contributed by atoms with Crippen molar-refractivity contribution in [3.05, 3.63) is 46.9 Å². The van der Waals surface area contributed by atoms with Gasteiger partial charge in [0.05, 0.1) is 32.5 Å². The minimum absolute atomic E-state index is 0.421. The fraction of sp³-hybridized carbons (Fsp3) is 0.176. The molecule has 0 aliphatic carbocycles. The molecule has 0 aliphatic heterocycles. The van der Waals surface area contributed by atoms with E-state index in [9.17, 15) is 4.79 Å². The van der Waals surface area contributed by atoms with Crippen LogP contribution >= 0.6 is 0 Å². The molecule has 6 nitrogen and oxygen atoms in total. The zero-order chi connectivity index (χ0) is 16.4. The fourth-order valence-electron chi connectivity index (χ4n) is 2.45. The lowest BCUT2D eigenvalue weighted by Gasteiger charge is -2.11. The van der Waals surface area contributed by atoms with Crippen LogP contribution in [-0.4, -0.2) is 31.3 Å². The van der Waals surface area contributed by atoms with Gasteiger partial charge in [-0.2, -0.15) is 4.98 Å². The van der Waals surface area contributed by atoms with Crippen molar-refractivity contribution in [2.45, 2.75) is 0 Å². The minimum Gasteiger partial charge on any atom is -0.497 e. The van der Waals surface area contributed by atoms with Gasteiger partial charge in [-0.15, -0.1) is 0 Å². The summed E-state index contributed by atoms with van der Waals surface area (Å²) in [5, 5.41) is 0.771. The van der Waals surface area contributed by atoms with Crippen molar-refractivity contribution in [1.82, 2.24) is 9.97 Å². The van der Waals surface area contributed by atoms with Crippen LogP contribution in [0.15, 0.2) is 41.2 Å². The van der Waals surface area contributed by atoms with Crippen molar-refractivity contribution in [2.24, 2.45) is 0 Å². The number of nitrogens with one attached hydrogen (secondary N) is 1. The monoisotopic (exact) mass is 312 g/mol. The third-order valence-corrected chi connectivity index (χ3v) is 3.60. The lowest BCUT2D eigenvalue weighted by molar-refractivity contribution is 0.356. The lowest BCUT2D eigenvalue weighted by Crippen LogP contribution is -2.11. The van der Waals surface area contributed by atoms with E-state index >= 15 is 0 Å². The Balaban J connectivity index is 2.28. The first-order valence-corrected chi connectivity index (χ1v) is 6.96. The largest absolute Gasteiger partial charge is 0.497 e. The highest BCUT2D eigenvalue weighted by Gasteiger charge is 2.13. The molecule has 1 heterocycles. The van der Waals surface area contributed by atoms with Gasteiger partial charge < -0.3 is 19.2 Å². The molecule has 118 valence electrons. The molecular weight excluding hydrogens is 296 g/mol.